The number of likely N-dealkylation sites (tertiary alicyclic amines) is 1. The minimum Gasteiger partial charge on any atom is -0.385 e. The van der Waals surface area contributed by atoms with Crippen molar-refractivity contribution in [2.45, 2.75) is 38.3 Å². The molecule has 0 unspecified atom stereocenters. The van der Waals surface area contributed by atoms with Crippen LogP contribution in [-0.2, 0) is 6.54 Å². The van der Waals surface area contributed by atoms with Crippen molar-refractivity contribution in [3.05, 3.63) is 48.5 Å². The number of quaternary nitrogens is 1. The van der Waals surface area contributed by atoms with Gasteiger partial charge in [-0.2, -0.15) is 0 Å². The number of aliphatic hydroxyl groups excluding tert-OH is 1. The van der Waals surface area contributed by atoms with E-state index < -0.39 is 0 Å². The molecule has 1 aliphatic heterocycles. The zero-order chi connectivity index (χ0) is 16.4. The molecule has 0 saturated carbocycles. The first-order valence-corrected chi connectivity index (χ1v) is 9.30. The van der Waals surface area contributed by atoms with Gasteiger partial charge in [-0.3, -0.25) is 0 Å². The Kier molecular flexibility index (Phi) is 4.54. The summed E-state index contributed by atoms with van der Waals surface area (Å²) < 4.78 is 2.30. The van der Waals surface area contributed by atoms with E-state index in [1.807, 2.05) is 0 Å². The van der Waals surface area contributed by atoms with E-state index >= 15 is 0 Å². The van der Waals surface area contributed by atoms with Gasteiger partial charge in [0.25, 0.3) is 0 Å². The fourth-order valence-corrected chi connectivity index (χ4v) is 4.24. The van der Waals surface area contributed by atoms with Crippen molar-refractivity contribution in [1.29, 1.82) is 0 Å². The van der Waals surface area contributed by atoms with Gasteiger partial charge in [-0.05, 0) is 37.8 Å². The Bertz CT molecular complexity index is 762. The molecule has 1 fully saturated rings. The molecule has 126 valence electrons. The van der Waals surface area contributed by atoms with E-state index in [1.54, 1.807) is 4.90 Å². The molecule has 4 rings (SSSR count). The lowest BCUT2D eigenvalue weighted by atomic mass is 10.2. The molecular weight excluding hydrogens is 296 g/mol. The number of para-hydroxylation sites is 2. The summed E-state index contributed by atoms with van der Waals surface area (Å²) in [6, 6.07) is 17.1. The third-order valence-electron chi connectivity index (χ3n) is 5.41. The monoisotopic (exact) mass is 323 g/mol. The van der Waals surface area contributed by atoms with Gasteiger partial charge < -0.3 is 14.6 Å². The molecular formula is C21H27N2O+. The number of aromatic nitrogens is 1. The number of aliphatic hydroxyl groups is 1. The lowest BCUT2D eigenvalue weighted by Crippen LogP contribution is -3.13. The van der Waals surface area contributed by atoms with Crippen molar-refractivity contribution in [3.63, 3.8) is 0 Å². The maximum Gasteiger partial charge on any atom is 0.121 e. The summed E-state index contributed by atoms with van der Waals surface area (Å²) in [7, 11) is 0. The van der Waals surface area contributed by atoms with Gasteiger partial charge in [0.05, 0.1) is 19.6 Å². The maximum atomic E-state index is 10.7. The Morgan fingerprint density at radius 1 is 0.833 bits per heavy atom. The quantitative estimate of drug-likeness (QED) is 0.759. The minimum absolute atomic E-state index is 0.294. The van der Waals surface area contributed by atoms with E-state index in [0.717, 1.165) is 6.54 Å². The molecule has 0 amide bonds. The molecule has 2 heterocycles. The molecule has 3 aromatic rings. The summed E-state index contributed by atoms with van der Waals surface area (Å²) in [6.07, 6.45) is 5.02. The van der Waals surface area contributed by atoms with Crippen molar-refractivity contribution in [2.75, 3.05) is 19.6 Å². The van der Waals surface area contributed by atoms with Crippen molar-refractivity contribution in [2.24, 2.45) is 0 Å². The van der Waals surface area contributed by atoms with E-state index in [0.29, 0.717) is 6.54 Å². The number of hydrogen-bond acceptors (Lipinski definition) is 1. The molecule has 0 radical (unpaired) electrons. The van der Waals surface area contributed by atoms with Crippen LogP contribution in [-0.4, -0.2) is 35.4 Å². The van der Waals surface area contributed by atoms with Gasteiger partial charge in [0.2, 0.25) is 0 Å². The zero-order valence-corrected chi connectivity index (χ0v) is 14.2. The van der Waals surface area contributed by atoms with Crippen LogP contribution in [0.2, 0.25) is 0 Å². The number of nitrogens with one attached hydrogen (secondary N) is 1. The first-order chi connectivity index (χ1) is 11.8. The highest BCUT2D eigenvalue weighted by Gasteiger charge is 2.19. The predicted octanol–water partition coefficient (Wildman–Crippen LogP) is 2.61. The van der Waals surface area contributed by atoms with Crippen LogP contribution in [0.3, 0.4) is 0 Å². The number of nitrogens with zero attached hydrogens (tertiary/aromatic N) is 1. The molecule has 0 aliphatic carbocycles. The number of fused-ring (bicyclic) bond motifs is 3. The largest absolute Gasteiger partial charge is 0.385 e. The molecule has 3 nitrogen and oxygen atoms in total. The van der Waals surface area contributed by atoms with Crippen LogP contribution in [0, 0.1) is 0 Å². The molecule has 1 aliphatic rings. The van der Waals surface area contributed by atoms with Gasteiger partial charge in [-0.1, -0.05) is 36.4 Å². The molecule has 1 aromatic heterocycles. The Hall–Kier alpha value is -1.84. The Morgan fingerprint density at radius 2 is 1.38 bits per heavy atom. The highest BCUT2D eigenvalue weighted by molar-refractivity contribution is 6.07. The van der Waals surface area contributed by atoms with Crippen LogP contribution in [0.5, 0.6) is 0 Å². The van der Waals surface area contributed by atoms with Gasteiger partial charge in [0, 0.05) is 21.8 Å². The molecule has 3 heteroatoms. The summed E-state index contributed by atoms with van der Waals surface area (Å²) in [5.41, 5.74) is 2.45. The minimum atomic E-state index is -0.294. The predicted molar refractivity (Wildman–Crippen MR) is 99.5 cm³/mol. The molecule has 0 bridgehead atoms. The summed E-state index contributed by atoms with van der Waals surface area (Å²) in [6.45, 7) is 3.97. The van der Waals surface area contributed by atoms with E-state index in [2.05, 4.69) is 53.1 Å². The SMILES string of the molecule is O[C@@H](Cn1c2ccccc2c2ccccc21)C[NH+]1CCCCCC1. The lowest BCUT2D eigenvalue weighted by Gasteiger charge is -2.21. The molecule has 2 aromatic carbocycles. The molecule has 1 saturated heterocycles. The fraction of sp³-hybridized carbons (Fsp3) is 0.429. The van der Waals surface area contributed by atoms with Crippen LogP contribution in [0.4, 0.5) is 0 Å². The van der Waals surface area contributed by atoms with E-state index in [9.17, 15) is 5.11 Å². The van der Waals surface area contributed by atoms with Crippen LogP contribution in [0.25, 0.3) is 21.8 Å². The molecule has 24 heavy (non-hydrogen) atoms. The first kappa shape index (κ1) is 15.7. The standard InChI is InChI=1S/C21H26N2O/c24-17(15-22-13-7-1-2-8-14-22)16-23-20-11-5-3-9-18(20)19-10-4-6-12-21(19)23/h3-6,9-12,17,24H,1-2,7-8,13-16H2/p+1/t17-/m1/s1. The van der Waals surface area contributed by atoms with Gasteiger partial charge >= 0.3 is 0 Å². The first-order valence-electron chi connectivity index (χ1n) is 9.30. The maximum absolute atomic E-state index is 10.7. The van der Waals surface area contributed by atoms with Crippen molar-refractivity contribution >= 4 is 21.8 Å². The lowest BCUT2D eigenvalue weighted by molar-refractivity contribution is -0.902. The topological polar surface area (TPSA) is 29.6 Å². The highest BCUT2D eigenvalue weighted by atomic mass is 16.3. The summed E-state index contributed by atoms with van der Waals surface area (Å²) >= 11 is 0. The third-order valence-corrected chi connectivity index (χ3v) is 5.41. The van der Waals surface area contributed by atoms with Gasteiger partial charge in [0.1, 0.15) is 12.6 Å². The van der Waals surface area contributed by atoms with Crippen LogP contribution < -0.4 is 4.90 Å². The van der Waals surface area contributed by atoms with E-state index in [4.69, 9.17) is 0 Å². The normalized spacial score (nSPS) is 18.0. The fourth-order valence-electron chi connectivity index (χ4n) is 4.24. The Morgan fingerprint density at radius 3 is 1.96 bits per heavy atom. The number of benzene rings is 2. The van der Waals surface area contributed by atoms with Gasteiger partial charge in [0.15, 0.2) is 0 Å². The average molecular weight is 323 g/mol. The second kappa shape index (κ2) is 6.96. The van der Waals surface area contributed by atoms with Crippen LogP contribution in [0.15, 0.2) is 48.5 Å². The second-order valence-corrected chi connectivity index (χ2v) is 7.17. The molecule has 2 N–H and O–H groups in total. The number of hydrogen-bond donors (Lipinski definition) is 2. The van der Waals surface area contributed by atoms with Crippen molar-refractivity contribution in [1.82, 2.24) is 4.57 Å². The zero-order valence-electron chi connectivity index (χ0n) is 14.2. The van der Waals surface area contributed by atoms with Gasteiger partial charge in [-0.25, -0.2) is 0 Å². The summed E-state index contributed by atoms with van der Waals surface area (Å²) in [5.74, 6) is 0. The Labute approximate surface area is 143 Å². The highest BCUT2D eigenvalue weighted by Crippen LogP contribution is 2.28. The smallest absolute Gasteiger partial charge is 0.121 e. The van der Waals surface area contributed by atoms with Crippen LogP contribution in [0.1, 0.15) is 25.7 Å². The third kappa shape index (κ3) is 3.06. The van der Waals surface area contributed by atoms with Crippen molar-refractivity contribution < 1.29 is 10.0 Å². The van der Waals surface area contributed by atoms with Crippen molar-refractivity contribution in [3.8, 4) is 0 Å². The summed E-state index contributed by atoms with van der Waals surface area (Å²) in [5, 5.41) is 13.3. The van der Waals surface area contributed by atoms with E-state index in [1.165, 1.54) is 60.6 Å². The summed E-state index contributed by atoms with van der Waals surface area (Å²) in [4.78, 5) is 1.57. The number of rotatable bonds is 4. The Balaban J connectivity index is 1.60. The van der Waals surface area contributed by atoms with E-state index in [-0.39, 0.29) is 6.10 Å². The second-order valence-electron chi connectivity index (χ2n) is 7.17. The van der Waals surface area contributed by atoms with Gasteiger partial charge in [-0.15, -0.1) is 0 Å². The molecule has 1 atom stereocenters. The average Bonchev–Trinajstić information content (AvgIpc) is 2.76. The van der Waals surface area contributed by atoms with Crippen LogP contribution >= 0.6 is 0 Å². The molecule has 0 spiro atoms.